The minimum absolute atomic E-state index is 0.0384. The van der Waals surface area contributed by atoms with E-state index in [4.69, 9.17) is 0 Å². The van der Waals surface area contributed by atoms with E-state index in [-0.39, 0.29) is 10.8 Å². The normalized spacial score (nSPS) is 14.2. The maximum absolute atomic E-state index is 13.2. The second kappa shape index (κ2) is 8.94. The number of amides is 2. The van der Waals surface area contributed by atoms with E-state index in [0.717, 1.165) is 11.1 Å². The van der Waals surface area contributed by atoms with Crippen LogP contribution in [0.25, 0.3) is 0 Å². The molecule has 1 heterocycles. The Morgan fingerprint density at radius 1 is 0.969 bits per heavy atom. The molecule has 0 aliphatic carbocycles. The van der Waals surface area contributed by atoms with Crippen LogP contribution in [0.4, 0.5) is 11.4 Å². The van der Waals surface area contributed by atoms with Crippen LogP contribution in [0.2, 0.25) is 0 Å². The molecule has 4 rings (SSSR count). The summed E-state index contributed by atoms with van der Waals surface area (Å²) in [6.45, 7) is 1.94. The van der Waals surface area contributed by atoms with Crippen LogP contribution in [0.3, 0.4) is 0 Å². The van der Waals surface area contributed by atoms with Gasteiger partial charge in [0.25, 0.3) is 0 Å². The zero-order chi connectivity index (χ0) is 22.7. The van der Waals surface area contributed by atoms with Crippen LogP contribution in [0.1, 0.15) is 29.2 Å². The summed E-state index contributed by atoms with van der Waals surface area (Å²) in [5.41, 5.74) is 3.49. The summed E-state index contributed by atoms with van der Waals surface area (Å²) in [6.07, 6.45) is 0.760. The van der Waals surface area contributed by atoms with Crippen LogP contribution in [-0.2, 0) is 26.0 Å². The first kappa shape index (κ1) is 21.7. The summed E-state index contributed by atoms with van der Waals surface area (Å²) in [7, 11) is -4.02. The molecule has 1 atom stereocenters. The quantitative estimate of drug-likeness (QED) is 0.535. The van der Waals surface area contributed by atoms with Gasteiger partial charge in [0.1, 0.15) is 6.04 Å². The van der Waals surface area contributed by atoms with Crippen LogP contribution < -0.4 is 15.4 Å². The van der Waals surface area contributed by atoms with E-state index < -0.39 is 22.0 Å². The van der Waals surface area contributed by atoms with Gasteiger partial charge < -0.3 is 10.6 Å². The van der Waals surface area contributed by atoms with Gasteiger partial charge in [-0.1, -0.05) is 48.0 Å². The van der Waals surface area contributed by atoms with E-state index in [1.54, 1.807) is 48.5 Å². The highest BCUT2D eigenvalue weighted by atomic mass is 32.2. The molecule has 1 unspecified atom stereocenters. The lowest BCUT2D eigenvalue weighted by molar-refractivity contribution is -0.118. The number of fused-ring (bicyclic) bond motifs is 1. The maximum atomic E-state index is 13.2. The minimum atomic E-state index is -4.02. The monoisotopic (exact) mass is 449 g/mol. The molecule has 3 aromatic carbocycles. The van der Waals surface area contributed by atoms with Gasteiger partial charge in [-0.25, -0.2) is 8.42 Å². The Kier molecular flexibility index (Phi) is 6.07. The number of hydrogen-bond donors (Lipinski definition) is 3. The second-order valence-electron chi connectivity index (χ2n) is 7.69. The maximum Gasteiger partial charge on any atom is 0.247 e. The van der Waals surface area contributed by atoms with Crippen molar-refractivity contribution in [1.82, 2.24) is 4.72 Å². The molecule has 8 heteroatoms. The smallest absolute Gasteiger partial charge is 0.247 e. The van der Waals surface area contributed by atoms with Crippen molar-refractivity contribution in [3.63, 3.8) is 0 Å². The van der Waals surface area contributed by atoms with E-state index in [0.29, 0.717) is 29.8 Å². The van der Waals surface area contributed by atoms with Crippen molar-refractivity contribution in [2.45, 2.75) is 30.7 Å². The molecule has 2 amide bonds. The van der Waals surface area contributed by atoms with Crippen LogP contribution >= 0.6 is 0 Å². The van der Waals surface area contributed by atoms with Crippen molar-refractivity contribution in [2.75, 3.05) is 10.6 Å². The Morgan fingerprint density at radius 3 is 2.41 bits per heavy atom. The van der Waals surface area contributed by atoms with Gasteiger partial charge in [0.05, 0.1) is 4.90 Å². The minimum Gasteiger partial charge on any atom is -0.326 e. The molecule has 0 saturated carbocycles. The SMILES string of the molecule is Cc1ccc(NC(=O)C(NS(=O)(=O)c2ccc3c(c2)CCC(=O)N3)c2ccccc2)cc1. The number of benzene rings is 3. The molecule has 0 saturated heterocycles. The van der Waals surface area contributed by atoms with Crippen LogP contribution in [0.15, 0.2) is 77.7 Å². The summed E-state index contributed by atoms with van der Waals surface area (Å²) >= 11 is 0. The third kappa shape index (κ3) is 4.87. The average molecular weight is 450 g/mol. The first-order chi connectivity index (χ1) is 15.3. The molecule has 3 aromatic rings. The van der Waals surface area contributed by atoms with Crippen molar-refractivity contribution in [2.24, 2.45) is 0 Å². The molecule has 7 nitrogen and oxygen atoms in total. The summed E-state index contributed by atoms with van der Waals surface area (Å²) in [4.78, 5) is 24.7. The Balaban J connectivity index is 1.62. The van der Waals surface area contributed by atoms with Gasteiger partial charge >= 0.3 is 0 Å². The summed E-state index contributed by atoms with van der Waals surface area (Å²) in [5.74, 6) is -0.586. The van der Waals surface area contributed by atoms with E-state index in [9.17, 15) is 18.0 Å². The Bertz CT molecular complexity index is 1260. The van der Waals surface area contributed by atoms with Crippen LogP contribution in [0.5, 0.6) is 0 Å². The highest BCUT2D eigenvalue weighted by Gasteiger charge is 2.28. The van der Waals surface area contributed by atoms with Gasteiger partial charge in [0.2, 0.25) is 21.8 Å². The third-order valence-electron chi connectivity index (χ3n) is 5.27. The van der Waals surface area contributed by atoms with Gasteiger partial charge in [-0.3, -0.25) is 9.59 Å². The molecule has 0 fully saturated rings. The number of sulfonamides is 1. The van der Waals surface area contributed by atoms with Crippen molar-refractivity contribution >= 4 is 33.2 Å². The first-order valence-electron chi connectivity index (χ1n) is 10.2. The fourth-order valence-corrected chi connectivity index (χ4v) is 4.75. The predicted molar refractivity (Wildman–Crippen MR) is 123 cm³/mol. The molecule has 1 aliphatic heterocycles. The zero-order valence-corrected chi connectivity index (χ0v) is 18.3. The highest BCUT2D eigenvalue weighted by Crippen LogP contribution is 2.27. The molecular formula is C24H23N3O4S. The Morgan fingerprint density at radius 2 is 1.69 bits per heavy atom. The van der Waals surface area contributed by atoms with Gasteiger partial charge in [-0.15, -0.1) is 0 Å². The molecule has 0 spiro atoms. The molecular weight excluding hydrogens is 426 g/mol. The van der Waals surface area contributed by atoms with Crippen molar-refractivity contribution < 1.29 is 18.0 Å². The summed E-state index contributed by atoms with van der Waals surface area (Å²) in [6, 6.07) is 19.4. The molecule has 0 aromatic heterocycles. The van der Waals surface area contributed by atoms with E-state index in [1.807, 2.05) is 19.1 Å². The lowest BCUT2D eigenvalue weighted by atomic mass is 10.0. The summed E-state index contributed by atoms with van der Waals surface area (Å²) < 4.78 is 28.9. The number of nitrogens with one attached hydrogen (secondary N) is 3. The number of rotatable bonds is 6. The van der Waals surface area contributed by atoms with Gasteiger partial charge in [0, 0.05) is 17.8 Å². The third-order valence-corrected chi connectivity index (χ3v) is 6.69. The highest BCUT2D eigenvalue weighted by molar-refractivity contribution is 7.89. The van der Waals surface area contributed by atoms with E-state index in [1.165, 1.54) is 12.1 Å². The fourth-order valence-electron chi connectivity index (χ4n) is 3.52. The van der Waals surface area contributed by atoms with Gasteiger partial charge in [0.15, 0.2) is 0 Å². The van der Waals surface area contributed by atoms with Crippen LogP contribution in [0, 0.1) is 6.92 Å². The standard InChI is InChI=1S/C24H23N3O4S/c1-16-7-10-19(11-8-16)25-24(29)23(17-5-3-2-4-6-17)27-32(30,31)20-12-13-21-18(15-20)9-14-22(28)26-21/h2-8,10-13,15,23,27H,9,14H2,1H3,(H,25,29)(H,26,28). The van der Waals surface area contributed by atoms with Gasteiger partial charge in [-0.05, 0) is 54.8 Å². The number of aryl methyl sites for hydroxylation is 2. The first-order valence-corrected chi connectivity index (χ1v) is 11.7. The number of carbonyl (C=O) groups is 2. The summed E-state index contributed by atoms with van der Waals surface area (Å²) in [5, 5.41) is 5.52. The molecule has 0 bridgehead atoms. The van der Waals surface area contributed by atoms with Crippen molar-refractivity contribution in [1.29, 1.82) is 0 Å². The molecule has 164 valence electrons. The largest absolute Gasteiger partial charge is 0.326 e. The van der Waals surface area contributed by atoms with E-state index in [2.05, 4.69) is 15.4 Å². The van der Waals surface area contributed by atoms with Crippen molar-refractivity contribution in [3.05, 3.63) is 89.5 Å². The molecule has 0 radical (unpaired) electrons. The molecule has 1 aliphatic rings. The van der Waals surface area contributed by atoms with Gasteiger partial charge in [-0.2, -0.15) is 4.72 Å². The Labute approximate surface area is 186 Å². The number of anilines is 2. The predicted octanol–water partition coefficient (Wildman–Crippen LogP) is 3.54. The molecule has 32 heavy (non-hydrogen) atoms. The lowest BCUT2D eigenvalue weighted by Crippen LogP contribution is -2.37. The van der Waals surface area contributed by atoms with Crippen molar-refractivity contribution in [3.8, 4) is 0 Å². The Hall–Kier alpha value is -3.49. The lowest BCUT2D eigenvalue weighted by Gasteiger charge is -2.21. The zero-order valence-electron chi connectivity index (χ0n) is 17.5. The second-order valence-corrected chi connectivity index (χ2v) is 9.40. The van der Waals surface area contributed by atoms with Crippen LogP contribution in [-0.4, -0.2) is 20.2 Å². The topological polar surface area (TPSA) is 104 Å². The number of carbonyl (C=O) groups excluding carboxylic acids is 2. The van der Waals surface area contributed by atoms with E-state index >= 15 is 0 Å². The molecule has 3 N–H and O–H groups in total. The fraction of sp³-hybridized carbons (Fsp3) is 0.167. The average Bonchev–Trinajstić information content (AvgIpc) is 2.79. The number of hydrogen-bond acceptors (Lipinski definition) is 4.